The summed E-state index contributed by atoms with van der Waals surface area (Å²) in [7, 11) is 1.27. The van der Waals surface area contributed by atoms with Crippen LogP contribution in [0, 0.1) is 0 Å². The highest BCUT2D eigenvalue weighted by Crippen LogP contribution is 2.29. The molecule has 1 aromatic rings. The zero-order valence-electron chi connectivity index (χ0n) is 24.2. The quantitative estimate of drug-likeness (QED) is 0.243. The van der Waals surface area contributed by atoms with Gasteiger partial charge in [0, 0.05) is 19.1 Å². The first kappa shape index (κ1) is 32.0. The molecule has 1 aromatic carbocycles. The first-order valence-corrected chi connectivity index (χ1v) is 14.7. The highest BCUT2D eigenvalue weighted by Gasteiger charge is 2.43. The number of esters is 1. The van der Waals surface area contributed by atoms with Crippen molar-refractivity contribution in [2.45, 2.75) is 88.8 Å². The fourth-order valence-corrected chi connectivity index (χ4v) is 5.36. The van der Waals surface area contributed by atoms with Crippen molar-refractivity contribution in [2.75, 3.05) is 33.4 Å². The van der Waals surface area contributed by atoms with E-state index in [1.54, 1.807) is 4.90 Å². The normalized spacial score (nSPS) is 18.0. The van der Waals surface area contributed by atoms with E-state index in [1.165, 1.54) is 7.11 Å². The number of amides is 4. The summed E-state index contributed by atoms with van der Waals surface area (Å²) in [6, 6.07) is 7.27. The smallest absolute Gasteiger partial charge is 0.318 e. The molecule has 0 spiro atoms. The topological polar surface area (TPSA) is 143 Å². The Balaban J connectivity index is 1.73. The minimum Gasteiger partial charge on any atom is -0.469 e. The number of carbonyl (C=O) groups excluding carboxylic acids is 5. The molecule has 11 nitrogen and oxygen atoms in total. The molecule has 1 aliphatic heterocycles. The van der Waals surface area contributed by atoms with Crippen LogP contribution in [0.15, 0.2) is 30.3 Å². The third-order valence-electron chi connectivity index (χ3n) is 7.78. The lowest BCUT2D eigenvalue weighted by Gasteiger charge is -2.39. The highest BCUT2D eigenvalue weighted by molar-refractivity contribution is 6.38. The third kappa shape index (κ3) is 9.55. The number of unbranched alkanes of at least 4 members (excludes halogenated alkanes) is 1. The number of morpholine rings is 1. The van der Waals surface area contributed by atoms with Crippen LogP contribution in [-0.2, 0) is 35.1 Å². The monoisotopic (exact) mass is 572 g/mol. The molecule has 0 radical (unpaired) electrons. The van der Waals surface area contributed by atoms with Crippen LogP contribution in [0.5, 0.6) is 0 Å². The second-order valence-corrected chi connectivity index (χ2v) is 10.8. The molecule has 3 N–H and O–H groups in total. The molecule has 2 aliphatic rings. The number of nitrogens with zero attached hydrogens (tertiary/aromatic N) is 1. The van der Waals surface area contributed by atoms with Gasteiger partial charge in [-0.2, -0.15) is 0 Å². The molecule has 2 atom stereocenters. The van der Waals surface area contributed by atoms with Gasteiger partial charge >= 0.3 is 12.0 Å². The summed E-state index contributed by atoms with van der Waals surface area (Å²) in [6.45, 7) is 3.72. The zero-order valence-corrected chi connectivity index (χ0v) is 24.2. The lowest BCUT2D eigenvalue weighted by atomic mass is 9.80. The van der Waals surface area contributed by atoms with Crippen molar-refractivity contribution in [3.05, 3.63) is 35.9 Å². The highest BCUT2D eigenvalue weighted by atomic mass is 16.5. The molecule has 0 bridgehead atoms. The molecule has 1 heterocycles. The molecule has 11 heteroatoms. The number of nitrogens with one attached hydrogen (secondary N) is 3. The lowest BCUT2D eigenvalue weighted by molar-refractivity contribution is -0.143. The standard InChI is InChI=1S/C30H44N4O7/c1-3-4-13-24(26(36)27(37)31-23(21-25(35)40-2)20-22-11-7-5-8-12-22)32-28(38)30(14-9-6-10-15-30)33-29(39)34-16-18-41-19-17-34/h5,7-8,11-12,23-24H,3-4,6,9-10,13-21H2,1-2H3,(H,31,37)(H,32,38)(H,33,39)/t23-,24-/m0/s1. The first-order valence-electron chi connectivity index (χ1n) is 14.7. The van der Waals surface area contributed by atoms with Crippen molar-refractivity contribution in [1.82, 2.24) is 20.9 Å². The molecular formula is C30H44N4O7. The Morgan fingerprint density at radius 1 is 1.00 bits per heavy atom. The summed E-state index contributed by atoms with van der Waals surface area (Å²) in [6.07, 6.45) is 5.27. The van der Waals surface area contributed by atoms with E-state index in [4.69, 9.17) is 9.47 Å². The summed E-state index contributed by atoms with van der Waals surface area (Å²) in [5, 5.41) is 8.50. The van der Waals surface area contributed by atoms with Crippen LogP contribution in [0.2, 0.25) is 0 Å². The van der Waals surface area contributed by atoms with E-state index in [2.05, 4.69) is 16.0 Å². The van der Waals surface area contributed by atoms with Gasteiger partial charge in [0.25, 0.3) is 5.91 Å². The fourth-order valence-electron chi connectivity index (χ4n) is 5.36. The number of hydrogen-bond acceptors (Lipinski definition) is 7. The van der Waals surface area contributed by atoms with E-state index in [-0.39, 0.29) is 18.9 Å². The number of methoxy groups -OCH3 is 1. The van der Waals surface area contributed by atoms with Crippen molar-refractivity contribution >= 4 is 29.6 Å². The predicted octanol–water partition coefficient (Wildman–Crippen LogP) is 2.27. The largest absolute Gasteiger partial charge is 0.469 e. The van der Waals surface area contributed by atoms with Crippen molar-refractivity contribution in [3.63, 3.8) is 0 Å². The summed E-state index contributed by atoms with van der Waals surface area (Å²) in [4.78, 5) is 67.1. The van der Waals surface area contributed by atoms with Crippen molar-refractivity contribution in [1.29, 1.82) is 0 Å². The Morgan fingerprint density at radius 2 is 1.68 bits per heavy atom. The first-order chi connectivity index (χ1) is 19.8. The SMILES string of the molecule is CCCC[C@H](NC(=O)C1(NC(=O)N2CCOCC2)CCCCC1)C(=O)C(=O)N[C@H](CC(=O)OC)Cc1ccccc1. The number of ether oxygens (including phenoxy) is 2. The molecule has 1 saturated carbocycles. The van der Waals surface area contributed by atoms with Gasteiger partial charge in [-0.15, -0.1) is 0 Å². The van der Waals surface area contributed by atoms with Gasteiger partial charge in [0.2, 0.25) is 11.7 Å². The Labute approximate surface area is 242 Å². The van der Waals surface area contributed by atoms with Gasteiger partial charge < -0.3 is 30.3 Å². The minimum absolute atomic E-state index is 0.104. The van der Waals surface area contributed by atoms with Gasteiger partial charge in [0.15, 0.2) is 0 Å². The number of rotatable bonds is 13. The van der Waals surface area contributed by atoms with E-state index in [0.29, 0.717) is 52.0 Å². The minimum atomic E-state index is -1.16. The van der Waals surface area contributed by atoms with Gasteiger partial charge in [-0.05, 0) is 31.2 Å². The summed E-state index contributed by atoms with van der Waals surface area (Å²) in [5.41, 5.74) is -0.268. The van der Waals surface area contributed by atoms with E-state index in [1.807, 2.05) is 37.3 Å². The molecule has 0 aromatic heterocycles. The van der Waals surface area contributed by atoms with E-state index >= 15 is 0 Å². The number of carbonyl (C=O) groups is 5. The maximum atomic E-state index is 13.8. The maximum Gasteiger partial charge on any atom is 0.318 e. The van der Waals surface area contributed by atoms with Crippen LogP contribution in [0.25, 0.3) is 0 Å². The zero-order chi connectivity index (χ0) is 29.7. The van der Waals surface area contributed by atoms with Crippen LogP contribution < -0.4 is 16.0 Å². The number of urea groups is 1. The molecule has 3 rings (SSSR count). The van der Waals surface area contributed by atoms with Crippen LogP contribution in [0.3, 0.4) is 0 Å². The summed E-state index contributed by atoms with van der Waals surface area (Å²) < 4.78 is 10.1. The predicted molar refractivity (Wildman–Crippen MR) is 152 cm³/mol. The van der Waals surface area contributed by atoms with Crippen LogP contribution in [0.4, 0.5) is 4.79 Å². The molecule has 226 valence electrons. The van der Waals surface area contributed by atoms with Gasteiger partial charge in [-0.25, -0.2) is 4.79 Å². The summed E-state index contributed by atoms with van der Waals surface area (Å²) >= 11 is 0. The van der Waals surface area contributed by atoms with Gasteiger partial charge in [-0.3, -0.25) is 19.2 Å². The molecule has 2 fully saturated rings. The number of benzene rings is 1. The Hall–Kier alpha value is -3.47. The number of hydrogen-bond donors (Lipinski definition) is 3. The Bertz CT molecular complexity index is 1040. The number of Topliss-reactive ketones (excluding diaryl/α,β-unsaturated/α-hetero) is 1. The fraction of sp³-hybridized carbons (Fsp3) is 0.633. The van der Waals surface area contributed by atoms with Gasteiger partial charge in [0.1, 0.15) is 5.54 Å². The molecule has 4 amide bonds. The number of ketones is 1. The Kier molecular flexibility index (Phi) is 12.6. The average molecular weight is 573 g/mol. The second kappa shape index (κ2) is 16.1. The van der Waals surface area contributed by atoms with Crippen LogP contribution >= 0.6 is 0 Å². The van der Waals surface area contributed by atoms with Crippen molar-refractivity contribution in [3.8, 4) is 0 Å². The molecule has 41 heavy (non-hydrogen) atoms. The molecular weight excluding hydrogens is 528 g/mol. The van der Waals surface area contributed by atoms with E-state index in [0.717, 1.165) is 31.2 Å². The third-order valence-corrected chi connectivity index (χ3v) is 7.78. The van der Waals surface area contributed by atoms with Crippen LogP contribution in [-0.4, -0.2) is 85.5 Å². The van der Waals surface area contributed by atoms with Crippen LogP contribution in [0.1, 0.15) is 70.3 Å². The van der Waals surface area contributed by atoms with E-state index in [9.17, 15) is 24.0 Å². The second-order valence-electron chi connectivity index (χ2n) is 10.8. The average Bonchev–Trinajstić information content (AvgIpc) is 2.99. The van der Waals surface area contributed by atoms with Crippen molar-refractivity contribution < 1.29 is 33.4 Å². The molecule has 0 unspecified atom stereocenters. The lowest BCUT2D eigenvalue weighted by Crippen LogP contribution is -2.64. The molecule has 1 aliphatic carbocycles. The van der Waals surface area contributed by atoms with Gasteiger partial charge in [0.05, 0.1) is 32.8 Å². The summed E-state index contributed by atoms with van der Waals surface area (Å²) in [5.74, 6) is -2.60. The van der Waals surface area contributed by atoms with Crippen molar-refractivity contribution in [2.24, 2.45) is 0 Å². The van der Waals surface area contributed by atoms with E-state index < -0.39 is 41.2 Å². The van der Waals surface area contributed by atoms with Gasteiger partial charge in [-0.1, -0.05) is 69.4 Å². The Morgan fingerprint density at radius 3 is 2.32 bits per heavy atom. The maximum absolute atomic E-state index is 13.8. The molecule has 1 saturated heterocycles.